The number of carbonyl (C=O) groups excluding carboxylic acids is 1. The van der Waals surface area contributed by atoms with Crippen LogP contribution >= 0.6 is 0 Å². The molecule has 6 rings (SSSR count). The third-order valence-corrected chi connectivity index (χ3v) is 6.97. The molecule has 6 nitrogen and oxygen atoms in total. The summed E-state index contributed by atoms with van der Waals surface area (Å²) >= 11 is 0. The van der Waals surface area contributed by atoms with Crippen molar-refractivity contribution in [2.45, 2.75) is 39.2 Å². The Morgan fingerprint density at radius 3 is 2.61 bits per heavy atom. The quantitative estimate of drug-likeness (QED) is 0.368. The van der Waals surface area contributed by atoms with Crippen LogP contribution in [-0.4, -0.2) is 16.2 Å². The summed E-state index contributed by atoms with van der Waals surface area (Å²) in [5.74, 6) is 0.191. The number of nitrogens with zero attached hydrogens (tertiary/aromatic N) is 3. The molecule has 7 heteroatoms. The van der Waals surface area contributed by atoms with Gasteiger partial charge in [0.2, 0.25) is 5.82 Å². The van der Waals surface area contributed by atoms with Crippen LogP contribution in [0.5, 0.6) is 0 Å². The Hall–Kier alpha value is -4.26. The second-order valence-electron chi connectivity index (χ2n) is 9.37. The van der Waals surface area contributed by atoms with Gasteiger partial charge in [0.05, 0.1) is 17.3 Å². The topological polar surface area (TPSA) is 71.3 Å². The average Bonchev–Trinajstić information content (AvgIpc) is 3.54. The number of carbonyl (C=O) groups is 1. The van der Waals surface area contributed by atoms with Crippen LogP contribution in [0.25, 0.3) is 17.0 Å². The zero-order valence-corrected chi connectivity index (χ0v) is 20.1. The molecule has 0 saturated carbocycles. The predicted octanol–water partition coefficient (Wildman–Crippen LogP) is 6.37. The number of urea groups is 1. The molecule has 1 aromatic heterocycles. The molecule has 36 heavy (non-hydrogen) atoms. The number of benzene rings is 3. The molecule has 0 saturated heterocycles. The van der Waals surface area contributed by atoms with Crippen molar-refractivity contribution < 1.29 is 13.7 Å². The van der Waals surface area contributed by atoms with Crippen molar-refractivity contribution in [1.82, 2.24) is 15.5 Å². The number of allylic oxidation sites excluding steroid dienone is 1. The fourth-order valence-electron chi connectivity index (χ4n) is 5.11. The van der Waals surface area contributed by atoms with Crippen LogP contribution in [0, 0.1) is 12.7 Å². The van der Waals surface area contributed by atoms with Crippen molar-refractivity contribution in [2.24, 2.45) is 0 Å². The highest BCUT2D eigenvalue weighted by atomic mass is 19.1. The number of hydrogen-bond donors (Lipinski definition) is 1. The SMILES string of the molecule is CC1=C(c2nc(-c3cccc(F)c3)no2)C(c2ccc(C)cc2)NC(=O)N1c1ccc2c(c1)CCC2. The third kappa shape index (κ3) is 3.86. The van der Waals surface area contributed by atoms with Gasteiger partial charge < -0.3 is 9.84 Å². The van der Waals surface area contributed by atoms with Gasteiger partial charge in [-0.15, -0.1) is 0 Å². The minimum absolute atomic E-state index is 0.218. The Morgan fingerprint density at radius 2 is 1.81 bits per heavy atom. The average molecular weight is 481 g/mol. The Morgan fingerprint density at radius 1 is 1.00 bits per heavy atom. The Labute approximate surface area is 208 Å². The van der Waals surface area contributed by atoms with E-state index in [-0.39, 0.29) is 23.6 Å². The van der Waals surface area contributed by atoms with Crippen molar-refractivity contribution in [1.29, 1.82) is 0 Å². The molecule has 2 heterocycles. The molecule has 1 N–H and O–H groups in total. The Balaban J connectivity index is 1.49. The van der Waals surface area contributed by atoms with E-state index in [1.54, 1.807) is 17.0 Å². The maximum Gasteiger partial charge on any atom is 0.326 e. The first-order valence-corrected chi connectivity index (χ1v) is 12.1. The lowest BCUT2D eigenvalue weighted by Gasteiger charge is -2.35. The molecular weight excluding hydrogens is 455 g/mol. The van der Waals surface area contributed by atoms with Crippen molar-refractivity contribution in [3.05, 3.63) is 106 Å². The van der Waals surface area contributed by atoms with Gasteiger partial charge in [-0.25, -0.2) is 9.18 Å². The van der Waals surface area contributed by atoms with Crippen LogP contribution in [-0.2, 0) is 12.8 Å². The number of nitrogens with one attached hydrogen (secondary N) is 1. The number of aromatic nitrogens is 2. The molecule has 2 amide bonds. The lowest BCUT2D eigenvalue weighted by molar-refractivity contribution is 0.244. The highest BCUT2D eigenvalue weighted by Crippen LogP contribution is 2.40. The van der Waals surface area contributed by atoms with Gasteiger partial charge in [0, 0.05) is 11.3 Å². The second-order valence-corrected chi connectivity index (χ2v) is 9.37. The van der Waals surface area contributed by atoms with Crippen molar-refractivity contribution >= 4 is 17.3 Å². The molecule has 180 valence electrons. The molecule has 1 aliphatic heterocycles. The van der Waals surface area contributed by atoms with Crippen LogP contribution in [0.2, 0.25) is 0 Å². The van der Waals surface area contributed by atoms with Crippen molar-refractivity contribution in [3.63, 3.8) is 0 Å². The Bertz CT molecular complexity index is 1510. The van der Waals surface area contributed by atoms with Crippen LogP contribution in [0.3, 0.4) is 0 Å². The predicted molar refractivity (Wildman–Crippen MR) is 136 cm³/mol. The summed E-state index contributed by atoms with van der Waals surface area (Å²) < 4.78 is 19.5. The number of anilines is 1. The van der Waals surface area contributed by atoms with Crippen LogP contribution in [0.1, 0.15) is 47.5 Å². The monoisotopic (exact) mass is 480 g/mol. The standard InChI is InChI=1S/C29H25FN4O2/c1-17-9-11-20(12-10-17)26-25(28-32-27(33-36-28)22-7-4-8-23(30)15-22)18(2)34(29(35)31-26)24-14-13-19-5-3-6-21(19)16-24/h4,7-16,26H,3,5-6H2,1-2H3,(H,31,35). The lowest BCUT2D eigenvalue weighted by atomic mass is 9.93. The highest BCUT2D eigenvalue weighted by Gasteiger charge is 2.36. The van der Waals surface area contributed by atoms with E-state index in [2.05, 4.69) is 27.6 Å². The number of aryl methyl sites for hydroxylation is 3. The van der Waals surface area contributed by atoms with E-state index in [1.807, 2.05) is 44.2 Å². The van der Waals surface area contributed by atoms with Crippen molar-refractivity contribution in [2.75, 3.05) is 4.90 Å². The van der Waals surface area contributed by atoms with E-state index in [4.69, 9.17) is 4.52 Å². The summed E-state index contributed by atoms with van der Waals surface area (Å²) in [6.07, 6.45) is 3.22. The van der Waals surface area contributed by atoms with Gasteiger partial charge >= 0.3 is 6.03 Å². The zero-order chi connectivity index (χ0) is 24.8. The fraction of sp³-hybridized carbons (Fsp3) is 0.207. The summed E-state index contributed by atoms with van der Waals surface area (Å²) in [6, 6.07) is 19.6. The lowest BCUT2D eigenvalue weighted by Crippen LogP contribution is -2.46. The molecule has 0 bridgehead atoms. The normalized spacial score (nSPS) is 17.4. The summed E-state index contributed by atoms with van der Waals surface area (Å²) in [6.45, 7) is 3.92. The number of halogens is 1. The minimum Gasteiger partial charge on any atom is -0.334 e. The molecule has 4 aromatic rings. The van der Waals surface area contributed by atoms with Gasteiger partial charge in [0.1, 0.15) is 5.82 Å². The van der Waals surface area contributed by atoms with Gasteiger partial charge in [-0.3, -0.25) is 4.90 Å². The summed E-state index contributed by atoms with van der Waals surface area (Å²) in [4.78, 5) is 19.8. The summed E-state index contributed by atoms with van der Waals surface area (Å²) in [5.41, 5.74) is 7.37. The first kappa shape index (κ1) is 22.2. The zero-order valence-electron chi connectivity index (χ0n) is 20.1. The first-order chi connectivity index (χ1) is 17.5. The summed E-state index contributed by atoms with van der Waals surface area (Å²) in [5, 5.41) is 7.27. The number of amides is 2. The van der Waals surface area contributed by atoms with Gasteiger partial charge in [-0.1, -0.05) is 53.2 Å². The maximum absolute atomic E-state index is 13.8. The van der Waals surface area contributed by atoms with Crippen LogP contribution in [0.15, 0.2) is 77.0 Å². The number of fused-ring (bicyclic) bond motifs is 1. The smallest absolute Gasteiger partial charge is 0.326 e. The van der Waals surface area contributed by atoms with Gasteiger partial charge in [0.15, 0.2) is 0 Å². The molecule has 1 aliphatic carbocycles. The van der Waals surface area contributed by atoms with Crippen molar-refractivity contribution in [3.8, 4) is 11.4 Å². The van der Waals surface area contributed by atoms with E-state index in [1.165, 1.54) is 23.3 Å². The summed E-state index contributed by atoms with van der Waals surface area (Å²) in [7, 11) is 0. The molecule has 0 spiro atoms. The minimum atomic E-state index is -0.482. The van der Waals surface area contributed by atoms with E-state index >= 15 is 0 Å². The number of rotatable bonds is 4. The van der Waals surface area contributed by atoms with E-state index < -0.39 is 6.04 Å². The Kier molecular flexibility index (Phi) is 5.40. The molecule has 2 aliphatic rings. The second kappa shape index (κ2) is 8.75. The van der Waals surface area contributed by atoms with E-state index in [0.29, 0.717) is 16.8 Å². The molecule has 1 atom stereocenters. The number of hydrogen-bond acceptors (Lipinski definition) is 4. The van der Waals surface area contributed by atoms with Crippen LogP contribution < -0.4 is 10.2 Å². The maximum atomic E-state index is 13.8. The first-order valence-electron chi connectivity index (χ1n) is 12.1. The largest absolute Gasteiger partial charge is 0.334 e. The van der Waals surface area contributed by atoms with Gasteiger partial charge in [0.25, 0.3) is 5.89 Å². The molecule has 1 unspecified atom stereocenters. The molecule has 0 fully saturated rings. The van der Waals surface area contributed by atoms with E-state index in [9.17, 15) is 9.18 Å². The third-order valence-electron chi connectivity index (χ3n) is 6.97. The molecule has 0 radical (unpaired) electrons. The van der Waals surface area contributed by atoms with Gasteiger partial charge in [-0.05, 0) is 74.1 Å². The van der Waals surface area contributed by atoms with Gasteiger partial charge in [-0.2, -0.15) is 4.98 Å². The molecular formula is C29H25FN4O2. The van der Waals surface area contributed by atoms with Crippen LogP contribution in [0.4, 0.5) is 14.9 Å². The highest BCUT2D eigenvalue weighted by molar-refractivity contribution is 6.01. The van der Waals surface area contributed by atoms with E-state index in [0.717, 1.165) is 36.1 Å². The molecule has 3 aromatic carbocycles. The fourth-order valence-corrected chi connectivity index (χ4v) is 5.11.